The quantitative estimate of drug-likeness (QED) is 0.911. The van der Waals surface area contributed by atoms with E-state index < -0.39 is 0 Å². The molecule has 1 N–H and O–H groups in total. The van der Waals surface area contributed by atoms with Crippen LogP contribution in [-0.2, 0) is 11.3 Å². The number of ether oxygens (including phenoxy) is 1. The fraction of sp³-hybridized carbons (Fsp3) is 0.333. The molecule has 5 nitrogen and oxygen atoms in total. The molecule has 1 aromatic carbocycles. The molecule has 5 heteroatoms. The summed E-state index contributed by atoms with van der Waals surface area (Å²) in [5.74, 6) is 0.766. The monoisotopic (exact) mass is 270 g/mol. The first-order valence-corrected chi connectivity index (χ1v) is 6.83. The van der Waals surface area contributed by atoms with Crippen LogP contribution in [0.4, 0.5) is 5.95 Å². The fourth-order valence-electron chi connectivity index (χ4n) is 2.24. The lowest BCUT2D eigenvalue weighted by Crippen LogP contribution is -2.52. The van der Waals surface area contributed by atoms with Gasteiger partial charge in [0.05, 0.1) is 13.2 Å². The van der Waals surface area contributed by atoms with E-state index in [1.165, 1.54) is 5.56 Å². The highest BCUT2D eigenvalue weighted by molar-refractivity contribution is 5.29. The number of hydrogen-bond acceptors (Lipinski definition) is 5. The van der Waals surface area contributed by atoms with Crippen molar-refractivity contribution >= 4 is 5.95 Å². The Balaban J connectivity index is 1.56. The van der Waals surface area contributed by atoms with Crippen LogP contribution in [0, 0.1) is 0 Å². The number of hydrogen-bond donors (Lipinski definition) is 1. The molecule has 0 amide bonds. The second-order valence-corrected chi connectivity index (χ2v) is 4.73. The van der Waals surface area contributed by atoms with Gasteiger partial charge < -0.3 is 9.64 Å². The van der Waals surface area contributed by atoms with Gasteiger partial charge in [-0.2, -0.15) is 0 Å². The predicted molar refractivity (Wildman–Crippen MR) is 77.3 cm³/mol. The third kappa shape index (κ3) is 3.31. The molecule has 20 heavy (non-hydrogen) atoms. The number of rotatable bonds is 4. The molecule has 1 aromatic heterocycles. The highest BCUT2D eigenvalue weighted by atomic mass is 16.5. The van der Waals surface area contributed by atoms with Crippen molar-refractivity contribution in [2.24, 2.45) is 0 Å². The van der Waals surface area contributed by atoms with Crippen LogP contribution >= 0.6 is 0 Å². The van der Waals surface area contributed by atoms with Gasteiger partial charge in [0.25, 0.3) is 0 Å². The standard InChI is InChI=1S/C15H18N4O/c1-2-5-13(6-3-1)12-20-14-11-19(10-9-16-14)15-17-7-4-8-18-15/h1-8,14,16H,9-12H2. The molecule has 0 radical (unpaired) electrons. The zero-order chi connectivity index (χ0) is 13.6. The van der Waals surface area contributed by atoms with Gasteiger partial charge >= 0.3 is 0 Å². The van der Waals surface area contributed by atoms with Crippen molar-refractivity contribution in [1.82, 2.24) is 15.3 Å². The predicted octanol–water partition coefficient (Wildman–Crippen LogP) is 1.43. The SMILES string of the molecule is c1ccc(COC2CN(c3ncccn3)CCN2)cc1. The van der Waals surface area contributed by atoms with E-state index in [0.717, 1.165) is 25.6 Å². The van der Waals surface area contributed by atoms with Crippen LogP contribution < -0.4 is 10.2 Å². The van der Waals surface area contributed by atoms with Gasteiger partial charge in [0, 0.05) is 25.5 Å². The maximum Gasteiger partial charge on any atom is 0.225 e. The van der Waals surface area contributed by atoms with Crippen LogP contribution in [0.3, 0.4) is 0 Å². The molecule has 1 atom stereocenters. The highest BCUT2D eigenvalue weighted by Gasteiger charge is 2.21. The van der Waals surface area contributed by atoms with Crippen LogP contribution in [0.25, 0.3) is 0 Å². The van der Waals surface area contributed by atoms with E-state index in [9.17, 15) is 0 Å². The Morgan fingerprint density at radius 1 is 1.15 bits per heavy atom. The molecule has 0 bridgehead atoms. The average molecular weight is 270 g/mol. The Hall–Kier alpha value is -1.98. The molecule has 1 aliphatic heterocycles. The molecule has 0 spiro atoms. The number of benzene rings is 1. The lowest BCUT2D eigenvalue weighted by atomic mass is 10.2. The Labute approximate surface area is 118 Å². The van der Waals surface area contributed by atoms with Crippen molar-refractivity contribution in [2.45, 2.75) is 12.8 Å². The Bertz CT molecular complexity index is 520. The van der Waals surface area contributed by atoms with Gasteiger partial charge in [0.1, 0.15) is 6.23 Å². The van der Waals surface area contributed by atoms with Crippen molar-refractivity contribution in [3.05, 3.63) is 54.4 Å². The summed E-state index contributed by atoms with van der Waals surface area (Å²) in [6, 6.07) is 12.0. The first-order valence-electron chi connectivity index (χ1n) is 6.83. The molecule has 1 unspecified atom stereocenters. The summed E-state index contributed by atoms with van der Waals surface area (Å²) in [5.41, 5.74) is 1.18. The minimum Gasteiger partial charge on any atom is -0.357 e. The summed E-state index contributed by atoms with van der Waals surface area (Å²) in [7, 11) is 0. The van der Waals surface area contributed by atoms with Crippen molar-refractivity contribution in [3.8, 4) is 0 Å². The minimum atomic E-state index is 0.00719. The summed E-state index contributed by atoms with van der Waals surface area (Å²) in [6.07, 6.45) is 3.54. The van der Waals surface area contributed by atoms with E-state index in [4.69, 9.17) is 4.74 Å². The number of piperazine rings is 1. The second-order valence-electron chi connectivity index (χ2n) is 4.73. The Kier molecular flexibility index (Phi) is 4.20. The smallest absolute Gasteiger partial charge is 0.225 e. The van der Waals surface area contributed by atoms with Crippen LogP contribution in [0.2, 0.25) is 0 Å². The van der Waals surface area contributed by atoms with Gasteiger partial charge in [-0.25, -0.2) is 9.97 Å². The summed E-state index contributed by atoms with van der Waals surface area (Å²) in [5, 5.41) is 3.37. The van der Waals surface area contributed by atoms with Gasteiger partial charge in [-0.15, -0.1) is 0 Å². The molecule has 2 heterocycles. The van der Waals surface area contributed by atoms with Gasteiger partial charge in [0.2, 0.25) is 5.95 Å². The van der Waals surface area contributed by atoms with Crippen molar-refractivity contribution in [3.63, 3.8) is 0 Å². The van der Waals surface area contributed by atoms with Gasteiger partial charge in [0.15, 0.2) is 0 Å². The van der Waals surface area contributed by atoms with Crippen molar-refractivity contribution in [2.75, 3.05) is 24.5 Å². The summed E-state index contributed by atoms with van der Waals surface area (Å²) >= 11 is 0. The molecule has 0 saturated carbocycles. The third-order valence-electron chi connectivity index (χ3n) is 3.27. The summed E-state index contributed by atoms with van der Waals surface area (Å²) < 4.78 is 5.91. The van der Waals surface area contributed by atoms with Crippen molar-refractivity contribution in [1.29, 1.82) is 0 Å². The maximum atomic E-state index is 5.91. The Morgan fingerprint density at radius 3 is 2.75 bits per heavy atom. The topological polar surface area (TPSA) is 50.3 Å². The molecule has 0 aliphatic carbocycles. The van der Waals surface area contributed by atoms with E-state index in [2.05, 4.69) is 32.3 Å². The first kappa shape index (κ1) is 13.0. The zero-order valence-corrected chi connectivity index (χ0v) is 11.3. The molecular weight excluding hydrogens is 252 g/mol. The lowest BCUT2D eigenvalue weighted by molar-refractivity contribution is 0.0157. The number of anilines is 1. The van der Waals surface area contributed by atoms with E-state index in [-0.39, 0.29) is 6.23 Å². The summed E-state index contributed by atoms with van der Waals surface area (Å²) in [6.45, 7) is 3.14. The van der Waals surface area contributed by atoms with Gasteiger partial charge in [-0.3, -0.25) is 5.32 Å². The number of aromatic nitrogens is 2. The number of nitrogens with zero attached hydrogens (tertiary/aromatic N) is 3. The molecule has 1 saturated heterocycles. The van der Waals surface area contributed by atoms with Crippen LogP contribution in [0.1, 0.15) is 5.56 Å². The van der Waals surface area contributed by atoms with E-state index in [1.54, 1.807) is 12.4 Å². The average Bonchev–Trinajstić information content (AvgIpc) is 2.55. The molecule has 104 valence electrons. The van der Waals surface area contributed by atoms with E-state index in [1.807, 2.05) is 24.3 Å². The van der Waals surface area contributed by atoms with Crippen LogP contribution in [-0.4, -0.2) is 35.8 Å². The lowest BCUT2D eigenvalue weighted by Gasteiger charge is -2.33. The number of nitrogens with one attached hydrogen (secondary N) is 1. The zero-order valence-electron chi connectivity index (χ0n) is 11.3. The molecule has 1 fully saturated rings. The summed E-state index contributed by atoms with van der Waals surface area (Å²) in [4.78, 5) is 10.7. The highest BCUT2D eigenvalue weighted by Crippen LogP contribution is 2.10. The van der Waals surface area contributed by atoms with Crippen LogP contribution in [0.15, 0.2) is 48.8 Å². The second kappa shape index (κ2) is 6.45. The van der Waals surface area contributed by atoms with Gasteiger partial charge in [-0.1, -0.05) is 30.3 Å². The third-order valence-corrected chi connectivity index (χ3v) is 3.27. The molecule has 1 aliphatic rings. The minimum absolute atomic E-state index is 0.00719. The van der Waals surface area contributed by atoms with Crippen LogP contribution in [0.5, 0.6) is 0 Å². The molecule has 3 rings (SSSR count). The molecular formula is C15H18N4O. The van der Waals surface area contributed by atoms with E-state index >= 15 is 0 Å². The Morgan fingerprint density at radius 2 is 1.95 bits per heavy atom. The first-order chi connectivity index (χ1) is 9.92. The van der Waals surface area contributed by atoms with E-state index in [0.29, 0.717) is 6.61 Å². The van der Waals surface area contributed by atoms with Crippen molar-refractivity contribution < 1.29 is 4.74 Å². The maximum absolute atomic E-state index is 5.91. The molecule has 2 aromatic rings. The van der Waals surface area contributed by atoms with Gasteiger partial charge in [-0.05, 0) is 11.6 Å². The fourth-order valence-corrected chi connectivity index (χ4v) is 2.24. The largest absolute Gasteiger partial charge is 0.357 e. The normalized spacial score (nSPS) is 19.0.